The number of ether oxygens (including phenoxy) is 1. The minimum atomic E-state index is -0.382. The number of rotatable bonds is 1. The van der Waals surface area contributed by atoms with Gasteiger partial charge in [0.05, 0.1) is 0 Å². The zero-order valence-corrected chi connectivity index (χ0v) is 6.70. The van der Waals surface area contributed by atoms with Crippen molar-refractivity contribution in [3.05, 3.63) is 0 Å². The SMILES string of the molecule is CC(C)C1OC(=S)NC1=O. The van der Waals surface area contributed by atoms with Crippen LogP contribution >= 0.6 is 12.2 Å². The van der Waals surface area contributed by atoms with Crippen LogP contribution in [0.15, 0.2) is 0 Å². The van der Waals surface area contributed by atoms with Crippen molar-refractivity contribution in [2.45, 2.75) is 20.0 Å². The molecule has 3 nitrogen and oxygen atoms in total. The van der Waals surface area contributed by atoms with Crippen molar-refractivity contribution >= 4 is 23.3 Å². The minimum absolute atomic E-state index is 0.125. The highest BCUT2D eigenvalue weighted by Gasteiger charge is 2.31. The van der Waals surface area contributed by atoms with E-state index in [1.807, 2.05) is 13.8 Å². The number of hydrogen-bond acceptors (Lipinski definition) is 3. The largest absolute Gasteiger partial charge is 0.457 e. The summed E-state index contributed by atoms with van der Waals surface area (Å²) in [6.07, 6.45) is -0.382. The molecular weight excluding hydrogens is 150 g/mol. The first-order valence-corrected chi connectivity index (χ1v) is 3.53. The maximum atomic E-state index is 10.9. The minimum Gasteiger partial charge on any atom is -0.457 e. The van der Waals surface area contributed by atoms with E-state index in [0.29, 0.717) is 0 Å². The Hall–Kier alpha value is -0.640. The van der Waals surface area contributed by atoms with Crippen molar-refractivity contribution in [3.63, 3.8) is 0 Å². The van der Waals surface area contributed by atoms with Crippen LogP contribution in [0.4, 0.5) is 0 Å². The molecule has 1 aliphatic heterocycles. The average Bonchev–Trinajstić information content (AvgIpc) is 2.10. The maximum absolute atomic E-state index is 10.9. The summed E-state index contributed by atoms with van der Waals surface area (Å²) in [5.74, 6) is 0.0560. The van der Waals surface area contributed by atoms with Crippen LogP contribution in [0.3, 0.4) is 0 Å². The molecule has 1 fully saturated rings. The average molecular weight is 159 g/mol. The van der Waals surface area contributed by atoms with Crippen LogP contribution in [0.25, 0.3) is 0 Å². The van der Waals surface area contributed by atoms with Crippen molar-refractivity contribution in [1.29, 1.82) is 0 Å². The summed E-state index contributed by atoms with van der Waals surface area (Å²) in [6, 6.07) is 0. The molecular formula is C6H9NO2S. The second kappa shape index (κ2) is 2.54. The van der Waals surface area contributed by atoms with Crippen LogP contribution in [0.1, 0.15) is 13.8 Å². The Morgan fingerprint density at radius 1 is 1.70 bits per heavy atom. The predicted molar refractivity (Wildman–Crippen MR) is 40.5 cm³/mol. The zero-order valence-electron chi connectivity index (χ0n) is 5.88. The van der Waals surface area contributed by atoms with Gasteiger partial charge in [-0.15, -0.1) is 0 Å². The Kier molecular flexibility index (Phi) is 1.89. The summed E-state index contributed by atoms with van der Waals surface area (Å²) >= 11 is 4.64. The first kappa shape index (κ1) is 7.47. The number of amides is 1. The van der Waals surface area contributed by atoms with E-state index in [1.54, 1.807) is 0 Å². The summed E-state index contributed by atoms with van der Waals surface area (Å²) < 4.78 is 5.01. The van der Waals surface area contributed by atoms with E-state index < -0.39 is 0 Å². The monoisotopic (exact) mass is 159 g/mol. The molecule has 1 aliphatic rings. The molecule has 1 unspecified atom stereocenters. The number of hydrogen-bond donors (Lipinski definition) is 1. The molecule has 0 spiro atoms. The van der Waals surface area contributed by atoms with E-state index in [9.17, 15) is 4.79 Å². The van der Waals surface area contributed by atoms with Gasteiger partial charge in [0.25, 0.3) is 11.1 Å². The van der Waals surface area contributed by atoms with E-state index in [0.717, 1.165) is 0 Å². The quantitative estimate of drug-likeness (QED) is 0.564. The smallest absolute Gasteiger partial charge is 0.268 e. The lowest BCUT2D eigenvalue weighted by Crippen LogP contribution is -2.27. The molecule has 1 heterocycles. The molecule has 0 saturated carbocycles. The number of nitrogens with one attached hydrogen (secondary N) is 1. The predicted octanol–water partition coefficient (Wildman–Crippen LogP) is 0.442. The highest BCUT2D eigenvalue weighted by atomic mass is 32.1. The van der Waals surface area contributed by atoms with Crippen molar-refractivity contribution in [3.8, 4) is 0 Å². The van der Waals surface area contributed by atoms with Crippen molar-refractivity contribution in [2.75, 3.05) is 0 Å². The first-order chi connectivity index (χ1) is 4.61. The molecule has 0 aliphatic carbocycles. The molecule has 0 bridgehead atoms. The Balaban J connectivity index is 2.63. The fraction of sp³-hybridized carbons (Fsp3) is 0.667. The highest BCUT2D eigenvalue weighted by Crippen LogP contribution is 2.11. The molecule has 1 atom stereocenters. The topological polar surface area (TPSA) is 38.3 Å². The van der Waals surface area contributed by atoms with Gasteiger partial charge in [-0.3, -0.25) is 10.1 Å². The summed E-state index contributed by atoms with van der Waals surface area (Å²) in [5, 5.41) is 2.62. The number of thiocarbonyl (C=S) groups is 1. The van der Waals surface area contributed by atoms with Gasteiger partial charge in [-0.05, 0) is 18.1 Å². The Morgan fingerprint density at radius 2 is 2.30 bits per heavy atom. The molecule has 0 aromatic heterocycles. The summed E-state index contributed by atoms with van der Waals surface area (Å²) in [6.45, 7) is 3.83. The van der Waals surface area contributed by atoms with Crippen LogP contribution < -0.4 is 5.32 Å². The maximum Gasteiger partial charge on any atom is 0.268 e. The van der Waals surface area contributed by atoms with Crippen molar-refractivity contribution in [2.24, 2.45) is 5.92 Å². The van der Waals surface area contributed by atoms with Crippen molar-refractivity contribution < 1.29 is 9.53 Å². The molecule has 1 saturated heterocycles. The molecule has 0 aromatic rings. The van der Waals surface area contributed by atoms with Gasteiger partial charge in [0.1, 0.15) is 0 Å². The molecule has 1 rings (SSSR count). The number of carbonyl (C=O) groups is 1. The van der Waals surface area contributed by atoms with Crippen LogP contribution in [0.2, 0.25) is 0 Å². The lowest BCUT2D eigenvalue weighted by Gasteiger charge is -2.08. The van der Waals surface area contributed by atoms with Gasteiger partial charge < -0.3 is 4.74 Å². The van der Waals surface area contributed by atoms with Crippen molar-refractivity contribution in [1.82, 2.24) is 5.32 Å². The van der Waals surface area contributed by atoms with Crippen LogP contribution in [-0.2, 0) is 9.53 Å². The second-order valence-corrected chi connectivity index (χ2v) is 2.93. The van der Waals surface area contributed by atoms with Gasteiger partial charge in [-0.2, -0.15) is 0 Å². The molecule has 56 valence electrons. The van der Waals surface area contributed by atoms with Crippen LogP contribution in [0.5, 0.6) is 0 Å². The Morgan fingerprint density at radius 3 is 2.50 bits per heavy atom. The molecule has 1 amide bonds. The molecule has 1 N–H and O–H groups in total. The van der Waals surface area contributed by atoms with E-state index in [2.05, 4.69) is 17.5 Å². The second-order valence-electron chi connectivity index (χ2n) is 2.56. The number of carbonyl (C=O) groups excluding carboxylic acids is 1. The third-order valence-corrected chi connectivity index (χ3v) is 1.52. The molecule has 0 aromatic carbocycles. The van der Waals surface area contributed by atoms with E-state index >= 15 is 0 Å². The van der Waals surface area contributed by atoms with E-state index in [4.69, 9.17) is 4.74 Å². The fourth-order valence-electron chi connectivity index (χ4n) is 0.809. The van der Waals surface area contributed by atoms with Gasteiger partial charge in [0.15, 0.2) is 6.10 Å². The third kappa shape index (κ3) is 1.26. The summed E-state index contributed by atoms with van der Waals surface area (Å²) in [4.78, 5) is 10.9. The van der Waals surface area contributed by atoms with Gasteiger partial charge in [0, 0.05) is 0 Å². The molecule has 0 radical (unpaired) electrons. The lowest BCUT2D eigenvalue weighted by molar-refractivity contribution is -0.124. The highest BCUT2D eigenvalue weighted by molar-refractivity contribution is 7.80. The fourth-order valence-corrected chi connectivity index (χ4v) is 1.01. The van der Waals surface area contributed by atoms with E-state index in [1.165, 1.54) is 0 Å². The van der Waals surface area contributed by atoms with Crippen LogP contribution in [-0.4, -0.2) is 17.2 Å². The van der Waals surface area contributed by atoms with Gasteiger partial charge in [-0.1, -0.05) is 13.8 Å². The van der Waals surface area contributed by atoms with Gasteiger partial charge in [-0.25, -0.2) is 0 Å². The van der Waals surface area contributed by atoms with E-state index in [-0.39, 0.29) is 23.1 Å². The third-order valence-electron chi connectivity index (χ3n) is 1.32. The summed E-state index contributed by atoms with van der Waals surface area (Å²) in [7, 11) is 0. The van der Waals surface area contributed by atoms with Gasteiger partial charge >= 0.3 is 0 Å². The summed E-state index contributed by atoms with van der Waals surface area (Å²) in [5.41, 5.74) is 0. The van der Waals surface area contributed by atoms with Crippen LogP contribution in [0, 0.1) is 5.92 Å². The lowest BCUT2D eigenvalue weighted by atomic mass is 10.1. The normalized spacial score (nSPS) is 24.9. The first-order valence-electron chi connectivity index (χ1n) is 3.12. The zero-order chi connectivity index (χ0) is 7.72. The Bertz CT molecular complexity index is 179. The molecule has 10 heavy (non-hydrogen) atoms. The molecule has 4 heteroatoms. The Labute approximate surface area is 64.7 Å². The van der Waals surface area contributed by atoms with Gasteiger partial charge in [0.2, 0.25) is 0 Å². The standard InChI is InChI=1S/C6H9NO2S/c1-3(2)4-5(8)7-6(10)9-4/h3-4H,1-2H3,(H,7,8,10).